The fourth-order valence-corrected chi connectivity index (χ4v) is 2.12. The fraction of sp³-hybridized carbons (Fsp3) is 0.176. The number of carbonyl (C=O) groups is 1. The molecule has 0 saturated carbocycles. The normalized spacial score (nSPS) is 11.2. The molecule has 0 atom stereocenters. The van der Waals surface area contributed by atoms with Gasteiger partial charge in [0.15, 0.2) is 0 Å². The topological polar surface area (TPSA) is 64.9 Å². The van der Waals surface area contributed by atoms with E-state index in [1.807, 2.05) is 43.3 Å². The van der Waals surface area contributed by atoms with Crippen LogP contribution in [0.25, 0.3) is 0 Å². The Hall–Kier alpha value is -2.53. The number of phenols is 1. The molecule has 0 fully saturated rings. The summed E-state index contributed by atoms with van der Waals surface area (Å²) in [5, 5.41) is 14.1. The highest BCUT2D eigenvalue weighted by Crippen LogP contribution is 2.21. The predicted octanol–water partition coefficient (Wildman–Crippen LogP) is 3.27. The molecule has 0 aliphatic carbocycles. The van der Waals surface area contributed by atoms with Gasteiger partial charge in [-0.2, -0.15) is 5.10 Å². The third-order valence-corrected chi connectivity index (χ3v) is 3.56. The van der Waals surface area contributed by atoms with Crippen LogP contribution in [0.3, 0.4) is 0 Å². The second kappa shape index (κ2) is 7.15. The lowest BCUT2D eigenvalue weighted by atomic mass is 10.1. The molecule has 0 saturated heterocycles. The molecule has 2 aromatic rings. The Morgan fingerprint density at radius 1 is 1.17 bits per heavy atom. The molecular weight excluding hydrogens is 314 g/mol. The van der Waals surface area contributed by atoms with Gasteiger partial charge in [0.1, 0.15) is 5.75 Å². The Labute approximate surface area is 140 Å². The van der Waals surface area contributed by atoms with Crippen LogP contribution in [-0.4, -0.2) is 30.8 Å². The summed E-state index contributed by atoms with van der Waals surface area (Å²) in [6.45, 7) is 1.79. The van der Waals surface area contributed by atoms with Crippen LogP contribution in [0, 0.1) is 0 Å². The molecule has 2 N–H and O–H groups in total. The summed E-state index contributed by atoms with van der Waals surface area (Å²) in [4.78, 5) is 14.1. The number of carbonyl (C=O) groups excluding carboxylic acids is 1. The molecule has 1 amide bonds. The van der Waals surface area contributed by atoms with Crippen LogP contribution in [0.2, 0.25) is 5.02 Å². The summed E-state index contributed by atoms with van der Waals surface area (Å²) in [6, 6.07) is 12.1. The van der Waals surface area contributed by atoms with Gasteiger partial charge < -0.3 is 10.0 Å². The van der Waals surface area contributed by atoms with Gasteiger partial charge in [-0.25, -0.2) is 5.43 Å². The minimum Gasteiger partial charge on any atom is -0.507 e. The first-order chi connectivity index (χ1) is 10.9. The van der Waals surface area contributed by atoms with Crippen molar-refractivity contribution in [3.63, 3.8) is 0 Å². The first-order valence-electron chi connectivity index (χ1n) is 6.99. The average molecular weight is 332 g/mol. The van der Waals surface area contributed by atoms with Crippen LogP contribution in [0.1, 0.15) is 22.8 Å². The maximum atomic E-state index is 12.1. The van der Waals surface area contributed by atoms with Crippen molar-refractivity contribution in [1.29, 1.82) is 0 Å². The second-order valence-corrected chi connectivity index (χ2v) is 5.68. The Bertz CT molecular complexity index is 740. The van der Waals surface area contributed by atoms with E-state index >= 15 is 0 Å². The standard InChI is InChI=1S/C17H18ClN3O2/c1-11(12-4-7-14(8-5-12)21(2)3)19-20-17(23)15-10-13(18)6-9-16(15)22/h4-10,22H,1-3H3,(H,20,23)/b19-11-. The van der Waals surface area contributed by atoms with Crippen molar-refractivity contribution >= 4 is 28.9 Å². The van der Waals surface area contributed by atoms with E-state index in [1.165, 1.54) is 18.2 Å². The van der Waals surface area contributed by atoms with Crippen molar-refractivity contribution in [3.05, 3.63) is 58.6 Å². The van der Waals surface area contributed by atoms with Crippen LogP contribution in [0.5, 0.6) is 5.75 Å². The third-order valence-electron chi connectivity index (χ3n) is 3.33. The summed E-state index contributed by atoms with van der Waals surface area (Å²) in [7, 11) is 3.93. The number of benzene rings is 2. The van der Waals surface area contributed by atoms with Gasteiger partial charge >= 0.3 is 0 Å². The number of halogens is 1. The Morgan fingerprint density at radius 2 is 1.83 bits per heavy atom. The lowest BCUT2D eigenvalue weighted by Gasteiger charge is -2.12. The molecule has 6 heteroatoms. The van der Waals surface area contributed by atoms with Gasteiger partial charge in [-0.1, -0.05) is 23.7 Å². The molecule has 0 aliphatic rings. The predicted molar refractivity (Wildman–Crippen MR) is 93.6 cm³/mol. The maximum absolute atomic E-state index is 12.1. The second-order valence-electron chi connectivity index (χ2n) is 5.24. The number of nitrogens with one attached hydrogen (secondary N) is 1. The highest BCUT2D eigenvalue weighted by atomic mass is 35.5. The van der Waals surface area contributed by atoms with E-state index in [0.29, 0.717) is 10.7 Å². The van der Waals surface area contributed by atoms with E-state index in [0.717, 1.165) is 11.3 Å². The molecule has 0 aliphatic heterocycles. The van der Waals surface area contributed by atoms with Gasteiger partial charge in [0.05, 0.1) is 11.3 Å². The van der Waals surface area contributed by atoms with Gasteiger partial charge in [-0.15, -0.1) is 0 Å². The number of phenolic OH excluding ortho intramolecular Hbond substituents is 1. The average Bonchev–Trinajstić information content (AvgIpc) is 2.54. The molecule has 0 spiro atoms. The van der Waals surface area contributed by atoms with Crippen molar-refractivity contribution in [3.8, 4) is 5.75 Å². The Morgan fingerprint density at radius 3 is 2.43 bits per heavy atom. The zero-order chi connectivity index (χ0) is 17.0. The van der Waals surface area contributed by atoms with Gasteiger partial charge in [-0.05, 0) is 42.8 Å². The van der Waals surface area contributed by atoms with E-state index in [9.17, 15) is 9.90 Å². The molecule has 0 heterocycles. The monoisotopic (exact) mass is 331 g/mol. The lowest BCUT2D eigenvalue weighted by molar-refractivity contribution is 0.0952. The Kier molecular flexibility index (Phi) is 5.24. The molecular formula is C17H18ClN3O2. The van der Waals surface area contributed by atoms with Crippen molar-refractivity contribution in [2.75, 3.05) is 19.0 Å². The highest BCUT2D eigenvalue weighted by Gasteiger charge is 2.11. The van der Waals surface area contributed by atoms with Crippen LogP contribution < -0.4 is 10.3 Å². The van der Waals surface area contributed by atoms with Crippen molar-refractivity contribution in [2.24, 2.45) is 5.10 Å². The van der Waals surface area contributed by atoms with Gasteiger partial charge in [0.2, 0.25) is 0 Å². The van der Waals surface area contributed by atoms with Crippen LogP contribution in [-0.2, 0) is 0 Å². The number of nitrogens with zero attached hydrogens (tertiary/aromatic N) is 2. The molecule has 5 nitrogen and oxygen atoms in total. The number of hydrogen-bond donors (Lipinski definition) is 2. The van der Waals surface area contributed by atoms with E-state index in [2.05, 4.69) is 10.5 Å². The zero-order valence-electron chi connectivity index (χ0n) is 13.2. The summed E-state index contributed by atoms with van der Waals surface area (Å²) in [5.41, 5.74) is 5.13. The molecule has 2 rings (SSSR count). The molecule has 0 bridgehead atoms. The van der Waals surface area contributed by atoms with Gasteiger partial charge in [-0.3, -0.25) is 4.79 Å². The van der Waals surface area contributed by atoms with Gasteiger partial charge in [0.25, 0.3) is 5.91 Å². The highest BCUT2D eigenvalue weighted by molar-refractivity contribution is 6.31. The molecule has 23 heavy (non-hydrogen) atoms. The van der Waals surface area contributed by atoms with E-state index in [1.54, 1.807) is 6.92 Å². The number of hydrogen-bond acceptors (Lipinski definition) is 4. The van der Waals surface area contributed by atoms with E-state index < -0.39 is 5.91 Å². The minimum atomic E-state index is -0.519. The smallest absolute Gasteiger partial charge is 0.275 e. The molecule has 0 unspecified atom stereocenters. The molecule has 2 aromatic carbocycles. The quantitative estimate of drug-likeness (QED) is 0.667. The molecule has 0 aromatic heterocycles. The van der Waals surface area contributed by atoms with E-state index in [4.69, 9.17) is 11.6 Å². The van der Waals surface area contributed by atoms with Crippen LogP contribution in [0.15, 0.2) is 47.6 Å². The van der Waals surface area contributed by atoms with Crippen molar-refractivity contribution in [2.45, 2.75) is 6.92 Å². The number of rotatable bonds is 4. The maximum Gasteiger partial charge on any atom is 0.275 e. The first kappa shape index (κ1) is 16.8. The SMILES string of the molecule is C/C(=N/NC(=O)c1cc(Cl)ccc1O)c1ccc(N(C)C)cc1. The number of amides is 1. The van der Waals surface area contributed by atoms with Crippen LogP contribution >= 0.6 is 11.6 Å². The minimum absolute atomic E-state index is 0.0806. The van der Waals surface area contributed by atoms with Crippen LogP contribution in [0.4, 0.5) is 5.69 Å². The third kappa shape index (κ3) is 4.23. The summed E-state index contributed by atoms with van der Waals surface area (Å²) in [5.74, 6) is -0.663. The number of hydrazone groups is 1. The molecule has 120 valence electrons. The summed E-state index contributed by atoms with van der Waals surface area (Å²) in [6.07, 6.45) is 0. The van der Waals surface area contributed by atoms with E-state index in [-0.39, 0.29) is 11.3 Å². The number of aromatic hydroxyl groups is 1. The molecule has 0 radical (unpaired) electrons. The Balaban J connectivity index is 2.12. The summed E-state index contributed by atoms with van der Waals surface area (Å²) < 4.78 is 0. The fourth-order valence-electron chi connectivity index (χ4n) is 1.95. The summed E-state index contributed by atoms with van der Waals surface area (Å²) >= 11 is 5.83. The largest absolute Gasteiger partial charge is 0.507 e. The lowest BCUT2D eigenvalue weighted by Crippen LogP contribution is -2.19. The van der Waals surface area contributed by atoms with Crippen molar-refractivity contribution < 1.29 is 9.90 Å². The number of anilines is 1. The zero-order valence-corrected chi connectivity index (χ0v) is 13.9. The van der Waals surface area contributed by atoms with Crippen molar-refractivity contribution in [1.82, 2.24) is 5.43 Å². The van der Waals surface area contributed by atoms with Gasteiger partial charge in [0, 0.05) is 24.8 Å². The first-order valence-corrected chi connectivity index (χ1v) is 7.37.